The SMILES string of the molecule is Cc1ccc(OC(=O)C(=O)Oc2ccc([N+](=O)[O-])cc2C)c([N+](=O)[O-])c1. The molecule has 0 bridgehead atoms. The Morgan fingerprint density at radius 1 is 0.846 bits per heavy atom. The first-order valence-corrected chi connectivity index (χ1v) is 7.13. The van der Waals surface area contributed by atoms with Gasteiger partial charge in [-0.2, -0.15) is 0 Å². The van der Waals surface area contributed by atoms with Crippen LogP contribution in [-0.2, 0) is 9.59 Å². The molecule has 0 aliphatic heterocycles. The summed E-state index contributed by atoms with van der Waals surface area (Å²) in [4.78, 5) is 44.0. The summed E-state index contributed by atoms with van der Waals surface area (Å²) in [6, 6.07) is 7.28. The van der Waals surface area contributed by atoms with Crippen LogP contribution >= 0.6 is 0 Å². The maximum atomic E-state index is 11.8. The van der Waals surface area contributed by atoms with Gasteiger partial charge in [0.1, 0.15) is 5.75 Å². The largest absolute Gasteiger partial charge is 0.423 e. The van der Waals surface area contributed by atoms with E-state index in [0.29, 0.717) is 5.56 Å². The van der Waals surface area contributed by atoms with E-state index in [1.54, 1.807) is 6.92 Å². The Morgan fingerprint density at radius 2 is 1.42 bits per heavy atom. The molecule has 0 fully saturated rings. The van der Waals surface area contributed by atoms with Gasteiger partial charge in [0.25, 0.3) is 5.69 Å². The van der Waals surface area contributed by atoms with E-state index in [-0.39, 0.29) is 17.0 Å². The van der Waals surface area contributed by atoms with E-state index in [1.807, 2.05) is 0 Å². The number of esters is 2. The topological polar surface area (TPSA) is 139 Å². The molecule has 2 aromatic rings. The first-order chi connectivity index (χ1) is 12.2. The maximum absolute atomic E-state index is 11.8. The van der Waals surface area contributed by atoms with Crippen molar-refractivity contribution in [3.8, 4) is 11.5 Å². The standard InChI is InChI=1S/C16H12N2O8/c1-9-3-5-14(12(7-9)18(23)24)26-16(20)15(19)25-13-6-4-11(17(21)22)8-10(13)2/h3-8H,1-2H3. The van der Waals surface area contributed by atoms with Gasteiger partial charge in [0.05, 0.1) is 9.85 Å². The smallest absolute Gasteiger partial charge is 0.418 e. The molecule has 10 heteroatoms. The van der Waals surface area contributed by atoms with Gasteiger partial charge in [-0.15, -0.1) is 0 Å². The average Bonchev–Trinajstić information content (AvgIpc) is 2.57. The molecule has 10 nitrogen and oxygen atoms in total. The van der Waals surface area contributed by atoms with Crippen LogP contribution in [0.25, 0.3) is 0 Å². The van der Waals surface area contributed by atoms with Crippen molar-refractivity contribution in [3.63, 3.8) is 0 Å². The number of carbonyl (C=O) groups is 2. The first-order valence-electron chi connectivity index (χ1n) is 7.13. The lowest BCUT2D eigenvalue weighted by molar-refractivity contribution is -0.385. The summed E-state index contributed by atoms with van der Waals surface area (Å²) in [5, 5.41) is 21.7. The monoisotopic (exact) mass is 360 g/mol. The highest BCUT2D eigenvalue weighted by Crippen LogP contribution is 2.28. The van der Waals surface area contributed by atoms with Crippen LogP contribution in [-0.4, -0.2) is 21.8 Å². The molecule has 0 saturated heterocycles. The molecule has 134 valence electrons. The Hall–Kier alpha value is -3.82. The van der Waals surface area contributed by atoms with Crippen molar-refractivity contribution in [2.75, 3.05) is 0 Å². The van der Waals surface area contributed by atoms with Crippen LogP contribution in [0.3, 0.4) is 0 Å². The summed E-state index contributed by atoms with van der Waals surface area (Å²) in [5.74, 6) is -3.36. The molecule has 0 N–H and O–H groups in total. The third-order valence-electron chi connectivity index (χ3n) is 3.25. The van der Waals surface area contributed by atoms with Gasteiger partial charge in [-0.05, 0) is 37.1 Å². The fourth-order valence-electron chi connectivity index (χ4n) is 2.00. The quantitative estimate of drug-likeness (QED) is 0.266. The summed E-state index contributed by atoms with van der Waals surface area (Å²) in [6.45, 7) is 3.07. The maximum Gasteiger partial charge on any atom is 0.423 e. The van der Waals surface area contributed by atoms with Crippen molar-refractivity contribution < 1.29 is 28.9 Å². The number of hydrogen-bond donors (Lipinski definition) is 0. The van der Waals surface area contributed by atoms with Crippen molar-refractivity contribution in [3.05, 3.63) is 67.8 Å². The lowest BCUT2D eigenvalue weighted by Gasteiger charge is -2.07. The van der Waals surface area contributed by atoms with Crippen molar-refractivity contribution >= 4 is 23.3 Å². The van der Waals surface area contributed by atoms with Gasteiger partial charge in [-0.25, -0.2) is 9.59 Å². The molecule has 2 aromatic carbocycles. The number of nitrogens with zero attached hydrogens (tertiary/aromatic N) is 2. The van der Waals surface area contributed by atoms with Crippen LogP contribution in [0, 0.1) is 34.1 Å². The van der Waals surface area contributed by atoms with E-state index in [0.717, 1.165) is 12.1 Å². The molecule has 0 atom stereocenters. The lowest BCUT2D eigenvalue weighted by atomic mass is 10.2. The zero-order valence-corrected chi connectivity index (χ0v) is 13.6. The third-order valence-corrected chi connectivity index (χ3v) is 3.25. The Labute approximate surface area is 146 Å². The highest BCUT2D eigenvalue weighted by Gasteiger charge is 2.25. The molecule has 0 aromatic heterocycles. The van der Waals surface area contributed by atoms with Gasteiger partial charge in [-0.3, -0.25) is 20.2 Å². The summed E-state index contributed by atoms with van der Waals surface area (Å²) in [6.07, 6.45) is 0. The van der Waals surface area contributed by atoms with Crippen LogP contribution in [0.4, 0.5) is 11.4 Å². The number of hydrogen-bond acceptors (Lipinski definition) is 8. The van der Waals surface area contributed by atoms with Gasteiger partial charge >= 0.3 is 17.6 Å². The summed E-state index contributed by atoms with van der Waals surface area (Å²) in [5.41, 5.74) is 0.139. The second-order valence-corrected chi connectivity index (χ2v) is 5.21. The molecule has 0 amide bonds. The van der Waals surface area contributed by atoms with E-state index in [4.69, 9.17) is 9.47 Å². The molecule has 2 rings (SSSR count). The predicted molar refractivity (Wildman–Crippen MR) is 86.9 cm³/mol. The zero-order chi connectivity index (χ0) is 19.4. The molecule has 0 heterocycles. The minimum Gasteiger partial charge on any atom is -0.418 e. The number of aryl methyl sites for hydroxylation is 2. The summed E-state index contributed by atoms with van der Waals surface area (Å²) < 4.78 is 9.57. The van der Waals surface area contributed by atoms with E-state index >= 15 is 0 Å². The van der Waals surface area contributed by atoms with E-state index < -0.39 is 33.2 Å². The first kappa shape index (κ1) is 18.5. The minimum absolute atomic E-state index is 0.0732. The Kier molecular flexibility index (Phi) is 5.26. The number of non-ortho nitro benzene ring substituents is 1. The van der Waals surface area contributed by atoms with Gasteiger partial charge in [0.2, 0.25) is 5.75 Å². The molecular weight excluding hydrogens is 348 g/mol. The molecule has 0 spiro atoms. The number of nitro groups is 2. The van der Waals surface area contributed by atoms with Crippen LogP contribution in [0.2, 0.25) is 0 Å². The molecule has 0 saturated carbocycles. The highest BCUT2D eigenvalue weighted by molar-refractivity contribution is 6.31. The second-order valence-electron chi connectivity index (χ2n) is 5.21. The minimum atomic E-state index is -1.46. The van der Waals surface area contributed by atoms with Crippen LogP contribution in [0.1, 0.15) is 11.1 Å². The predicted octanol–water partition coefficient (Wildman–Crippen LogP) is 2.63. The van der Waals surface area contributed by atoms with Gasteiger partial charge in [0.15, 0.2) is 0 Å². The second kappa shape index (κ2) is 7.38. The molecule has 0 aliphatic carbocycles. The summed E-state index contributed by atoms with van der Waals surface area (Å²) >= 11 is 0. The van der Waals surface area contributed by atoms with E-state index in [2.05, 4.69) is 0 Å². The van der Waals surface area contributed by atoms with Gasteiger partial charge in [0, 0.05) is 18.2 Å². The van der Waals surface area contributed by atoms with Crippen LogP contribution in [0.15, 0.2) is 36.4 Å². The van der Waals surface area contributed by atoms with Gasteiger partial charge < -0.3 is 9.47 Å². The Morgan fingerprint density at radius 3 is 1.96 bits per heavy atom. The van der Waals surface area contributed by atoms with Gasteiger partial charge in [-0.1, -0.05) is 6.07 Å². The zero-order valence-electron chi connectivity index (χ0n) is 13.6. The highest BCUT2D eigenvalue weighted by atomic mass is 16.6. The summed E-state index contributed by atoms with van der Waals surface area (Å²) in [7, 11) is 0. The van der Waals surface area contributed by atoms with Crippen molar-refractivity contribution in [2.24, 2.45) is 0 Å². The third kappa shape index (κ3) is 4.17. The number of ether oxygens (including phenoxy) is 2. The lowest BCUT2D eigenvalue weighted by Crippen LogP contribution is -2.26. The molecule has 0 radical (unpaired) electrons. The van der Waals surface area contributed by atoms with Crippen molar-refractivity contribution in [1.29, 1.82) is 0 Å². The van der Waals surface area contributed by atoms with Crippen LogP contribution < -0.4 is 9.47 Å². The fourth-order valence-corrected chi connectivity index (χ4v) is 2.00. The number of nitro benzene ring substituents is 2. The average molecular weight is 360 g/mol. The van der Waals surface area contributed by atoms with Crippen molar-refractivity contribution in [2.45, 2.75) is 13.8 Å². The Bertz CT molecular complexity index is 922. The van der Waals surface area contributed by atoms with Crippen LogP contribution in [0.5, 0.6) is 11.5 Å². The normalized spacial score (nSPS) is 10.1. The van der Waals surface area contributed by atoms with E-state index in [1.165, 1.54) is 31.2 Å². The number of benzene rings is 2. The molecule has 0 unspecified atom stereocenters. The Balaban J connectivity index is 2.15. The number of rotatable bonds is 4. The molecular formula is C16H12N2O8. The van der Waals surface area contributed by atoms with E-state index in [9.17, 15) is 29.8 Å². The number of carbonyl (C=O) groups excluding carboxylic acids is 2. The molecule has 26 heavy (non-hydrogen) atoms. The fraction of sp³-hybridized carbons (Fsp3) is 0.125. The molecule has 0 aliphatic rings. The van der Waals surface area contributed by atoms with Crippen molar-refractivity contribution in [1.82, 2.24) is 0 Å².